The number of aliphatic hydroxyl groups is 1. The van der Waals surface area contributed by atoms with E-state index in [1.54, 1.807) is 12.1 Å². The highest BCUT2D eigenvalue weighted by atomic mass is 16.5. The lowest BCUT2D eigenvalue weighted by Gasteiger charge is -2.27. The van der Waals surface area contributed by atoms with Crippen molar-refractivity contribution in [3.05, 3.63) is 70.3 Å². The predicted octanol–water partition coefficient (Wildman–Crippen LogP) is 3.87. The standard InChI is InChI=1S/C26H27NO5/c28-20-11-9-17(10-12-20)23-22(25(30)26(31)27(23)15-21-6-3-13-32-21)24(29)19-8-7-16-4-1-2-5-18(16)14-19/h7-12,14,21,23,28-29H,1-6,13,15H2/b24-22-. The van der Waals surface area contributed by atoms with E-state index in [2.05, 4.69) is 0 Å². The zero-order valence-corrected chi connectivity index (χ0v) is 17.9. The third-order valence-electron chi connectivity index (χ3n) is 6.80. The van der Waals surface area contributed by atoms with Crippen molar-refractivity contribution >= 4 is 17.4 Å². The highest BCUT2D eigenvalue weighted by Crippen LogP contribution is 2.40. The third kappa shape index (κ3) is 3.69. The molecule has 0 bridgehead atoms. The van der Waals surface area contributed by atoms with Gasteiger partial charge in [0.25, 0.3) is 11.7 Å². The maximum absolute atomic E-state index is 13.1. The Hall–Kier alpha value is -3.12. The molecule has 2 fully saturated rings. The molecule has 2 heterocycles. The number of phenolic OH excluding ortho intramolecular Hbond substituents is 1. The highest BCUT2D eigenvalue weighted by molar-refractivity contribution is 6.46. The Bertz CT molecular complexity index is 1080. The van der Waals surface area contributed by atoms with Crippen LogP contribution in [0.3, 0.4) is 0 Å². The van der Waals surface area contributed by atoms with Gasteiger partial charge in [-0.1, -0.05) is 24.3 Å². The monoisotopic (exact) mass is 433 g/mol. The number of fused-ring (bicyclic) bond motifs is 1. The number of ether oxygens (including phenoxy) is 1. The molecule has 2 saturated heterocycles. The first-order chi connectivity index (χ1) is 15.5. The number of likely N-dealkylation sites (tertiary alicyclic amines) is 1. The van der Waals surface area contributed by atoms with Gasteiger partial charge in [0.2, 0.25) is 0 Å². The summed E-state index contributed by atoms with van der Waals surface area (Å²) in [5.41, 5.74) is 3.79. The quantitative estimate of drug-likeness (QED) is 0.434. The van der Waals surface area contributed by atoms with Crippen molar-refractivity contribution in [2.75, 3.05) is 13.2 Å². The number of aryl methyl sites for hydroxylation is 2. The molecule has 6 heteroatoms. The Balaban J connectivity index is 1.60. The number of rotatable bonds is 4. The van der Waals surface area contributed by atoms with Crippen molar-refractivity contribution in [2.24, 2.45) is 0 Å². The summed E-state index contributed by atoms with van der Waals surface area (Å²) in [6.07, 6.45) is 5.87. The van der Waals surface area contributed by atoms with Gasteiger partial charge in [0.05, 0.1) is 17.7 Å². The molecule has 2 N–H and O–H groups in total. The van der Waals surface area contributed by atoms with E-state index in [0.717, 1.165) is 38.5 Å². The van der Waals surface area contributed by atoms with Crippen LogP contribution < -0.4 is 0 Å². The van der Waals surface area contributed by atoms with Crippen molar-refractivity contribution in [1.29, 1.82) is 0 Å². The number of aliphatic hydroxyl groups excluding tert-OH is 1. The second kappa shape index (κ2) is 8.43. The van der Waals surface area contributed by atoms with E-state index < -0.39 is 17.7 Å². The highest BCUT2D eigenvalue weighted by Gasteiger charge is 2.47. The topological polar surface area (TPSA) is 87.1 Å². The maximum atomic E-state index is 13.1. The summed E-state index contributed by atoms with van der Waals surface area (Å²) in [5.74, 6) is -1.36. The van der Waals surface area contributed by atoms with Gasteiger partial charge in [-0.25, -0.2) is 0 Å². The van der Waals surface area contributed by atoms with Crippen LogP contribution >= 0.6 is 0 Å². The zero-order valence-electron chi connectivity index (χ0n) is 17.9. The molecule has 2 unspecified atom stereocenters. The molecule has 2 aliphatic heterocycles. The maximum Gasteiger partial charge on any atom is 0.295 e. The van der Waals surface area contributed by atoms with E-state index in [4.69, 9.17) is 4.74 Å². The van der Waals surface area contributed by atoms with Crippen LogP contribution in [0.5, 0.6) is 5.75 Å². The summed E-state index contributed by atoms with van der Waals surface area (Å²) in [7, 11) is 0. The number of hydrogen-bond acceptors (Lipinski definition) is 5. The predicted molar refractivity (Wildman–Crippen MR) is 119 cm³/mol. The first kappa shape index (κ1) is 20.8. The summed E-state index contributed by atoms with van der Waals surface area (Å²) in [4.78, 5) is 27.7. The third-order valence-corrected chi connectivity index (χ3v) is 6.80. The molecule has 0 radical (unpaired) electrons. The number of nitrogens with zero attached hydrogens (tertiary/aromatic N) is 1. The van der Waals surface area contributed by atoms with Gasteiger partial charge in [-0.3, -0.25) is 9.59 Å². The van der Waals surface area contributed by atoms with Crippen molar-refractivity contribution in [3.8, 4) is 5.75 Å². The molecule has 2 aromatic rings. The second-order valence-electron chi connectivity index (χ2n) is 8.87. The van der Waals surface area contributed by atoms with E-state index in [1.165, 1.54) is 28.2 Å². The second-order valence-corrected chi connectivity index (χ2v) is 8.87. The molecule has 0 aromatic heterocycles. The molecule has 2 aromatic carbocycles. The Morgan fingerprint density at radius 1 is 1.00 bits per heavy atom. The van der Waals surface area contributed by atoms with Gasteiger partial charge < -0.3 is 19.8 Å². The number of phenols is 1. The lowest BCUT2D eigenvalue weighted by molar-refractivity contribution is -0.140. The lowest BCUT2D eigenvalue weighted by Crippen LogP contribution is -2.36. The van der Waals surface area contributed by atoms with E-state index in [-0.39, 0.29) is 29.7 Å². The van der Waals surface area contributed by atoms with Gasteiger partial charge in [-0.15, -0.1) is 0 Å². The van der Waals surface area contributed by atoms with Gasteiger partial charge >= 0.3 is 0 Å². The first-order valence-corrected chi connectivity index (χ1v) is 11.3. The Labute approximate surface area is 187 Å². The largest absolute Gasteiger partial charge is 0.508 e. The van der Waals surface area contributed by atoms with E-state index in [9.17, 15) is 19.8 Å². The van der Waals surface area contributed by atoms with Gasteiger partial charge in [0.1, 0.15) is 11.5 Å². The summed E-state index contributed by atoms with van der Waals surface area (Å²) in [6.45, 7) is 0.935. The average Bonchev–Trinajstić information content (AvgIpc) is 3.41. The SMILES string of the molecule is O=C1C(=O)N(CC2CCCO2)C(c2ccc(O)cc2)/C1=C(/O)c1ccc2c(c1)CCCC2. The van der Waals surface area contributed by atoms with Gasteiger partial charge in [-0.05, 0) is 73.4 Å². The number of hydrogen-bond donors (Lipinski definition) is 2. The fraction of sp³-hybridized carbons (Fsp3) is 0.385. The number of amides is 1. The molecular weight excluding hydrogens is 406 g/mol. The van der Waals surface area contributed by atoms with E-state index in [0.29, 0.717) is 17.7 Å². The minimum absolute atomic E-state index is 0.0921. The number of benzene rings is 2. The van der Waals surface area contributed by atoms with E-state index >= 15 is 0 Å². The lowest BCUT2D eigenvalue weighted by atomic mass is 9.88. The molecule has 1 aliphatic carbocycles. The first-order valence-electron chi connectivity index (χ1n) is 11.3. The fourth-order valence-electron chi connectivity index (χ4n) is 5.12. The van der Waals surface area contributed by atoms with Crippen LogP contribution in [0.15, 0.2) is 48.0 Å². The number of carbonyl (C=O) groups is 2. The fourth-order valence-corrected chi connectivity index (χ4v) is 5.12. The molecule has 5 rings (SSSR count). The molecule has 32 heavy (non-hydrogen) atoms. The molecule has 166 valence electrons. The van der Waals surface area contributed by atoms with Crippen LogP contribution in [0.4, 0.5) is 0 Å². The number of ketones is 1. The summed E-state index contributed by atoms with van der Waals surface area (Å²) >= 11 is 0. The van der Waals surface area contributed by atoms with Gasteiger partial charge in [0, 0.05) is 18.7 Å². The molecule has 2 atom stereocenters. The normalized spacial score (nSPS) is 24.7. The summed E-state index contributed by atoms with van der Waals surface area (Å²) in [5, 5.41) is 21.0. The van der Waals surface area contributed by atoms with Crippen LogP contribution in [0, 0.1) is 0 Å². The Morgan fingerprint density at radius 3 is 2.47 bits per heavy atom. The van der Waals surface area contributed by atoms with Crippen molar-refractivity contribution in [1.82, 2.24) is 4.90 Å². The van der Waals surface area contributed by atoms with Gasteiger partial charge in [-0.2, -0.15) is 0 Å². The summed E-state index contributed by atoms with van der Waals surface area (Å²) < 4.78 is 5.72. The number of Topliss-reactive ketones (excluding diaryl/α,β-unsaturated/α-hetero) is 1. The molecule has 1 amide bonds. The Morgan fingerprint density at radius 2 is 1.75 bits per heavy atom. The summed E-state index contributed by atoms with van der Waals surface area (Å²) in [6, 6.07) is 11.5. The van der Waals surface area contributed by atoms with Crippen LogP contribution in [-0.4, -0.2) is 46.1 Å². The van der Waals surface area contributed by atoms with Crippen LogP contribution in [0.25, 0.3) is 5.76 Å². The molecule has 3 aliphatic rings. The molecule has 0 saturated carbocycles. The smallest absolute Gasteiger partial charge is 0.295 e. The van der Waals surface area contributed by atoms with Crippen LogP contribution in [-0.2, 0) is 27.2 Å². The van der Waals surface area contributed by atoms with Gasteiger partial charge in [0.15, 0.2) is 0 Å². The Kier molecular flexibility index (Phi) is 5.47. The van der Waals surface area contributed by atoms with Crippen molar-refractivity contribution in [2.45, 2.75) is 50.7 Å². The van der Waals surface area contributed by atoms with Crippen molar-refractivity contribution in [3.63, 3.8) is 0 Å². The molecule has 0 spiro atoms. The van der Waals surface area contributed by atoms with Crippen LogP contribution in [0.2, 0.25) is 0 Å². The number of carbonyl (C=O) groups excluding carboxylic acids is 2. The number of aromatic hydroxyl groups is 1. The minimum Gasteiger partial charge on any atom is -0.508 e. The zero-order chi connectivity index (χ0) is 22.2. The van der Waals surface area contributed by atoms with E-state index in [1.807, 2.05) is 18.2 Å². The van der Waals surface area contributed by atoms with Crippen LogP contribution in [0.1, 0.15) is 54.0 Å². The average molecular weight is 434 g/mol. The van der Waals surface area contributed by atoms with Crippen molar-refractivity contribution < 1.29 is 24.5 Å². The molecule has 6 nitrogen and oxygen atoms in total. The molecular formula is C26H27NO5. The minimum atomic E-state index is -0.726.